The monoisotopic (exact) mass is 238 g/mol. The molecular formula is C12H18N2O3. The number of hydrogen-bond donors (Lipinski definition) is 1. The molecule has 0 saturated heterocycles. The molecule has 1 atom stereocenters. The van der Waals surface area contributed by atoms with E-state index >= 15 is 0 Å². The molecule has 1 fully saturated rings. The second-order valence-corrected chi connectivity index (χ2v) is 4.51. The molecule has 1 aromatic rings. The molecule has 2 rings (SSSR count). The van der Waals surface area contributed by atoms with E-state index in [9.17, 15) is 9.90 Å². The van der Waals surface area contributed by atoms with Crippen LogP contribution in [-0.2, 0) is 6.54 Å². The zero-order chi connectivity index (χ0) is 12.3. The Bertz CT molecular complexity index is 424. The van der Waals surface area contributed by atoms with Crippen LogP contribution in [0.25, 0.3) is 0 Å². The minimum absolute atomic E-state index is 0.206. The van der Waals surface area contributed by atoms with E-state index in [2.05, 4.69) is 5.10 Å². The minimum Gasteiger partial charge on any atom is -0.480 e. The maximum atomic E-state index is 11.6. The Kier molecular flexibility index (Phi) is 3.78. The third-order valence-corrected chi connectivity index (χ3v) is 3.36. The summed E-state index contributed by atoms with van der Waals surface area (Å²) in [6, 6.07) is 2.94. The summed E-state index contributed by atoms with van der Waals surface area (Å²) in [5, 5.41) is 14.1. The van der Waals surface area contributed by atoms with Gasteiger partial charge in [0.1, 0.15) is 0 Å². The smallest absolute Gasteiger partial charge is 0.267 e. The molecule has 0 aromatic carbocycles. The Morgan fingerprint density at radius 3 is 2.88 bits per heavy atom. The first kappa shape index (κ1) is 12.1. The molecule has 1 unspecified atom stereocenters. The van der Waals surface area contributed by atoms with Crippen LogP contribution < -0.4 is 10.3 Å². The van der Waals surface area contributed by atoms with Gasteiger partial charge in [-0.3, -0.25) is 4.79 Å². The van der Waals surface area contributed by atoms with Gasteiger partial charge in [0.25, 0.3) is 5.56 Å². The Hall–Kier alpha value is -1.36. The molecule has 1 heterocycles. The van der Waals surface area contributed by atoms with Crippen LogP contribution in [0.1, 0.15) is 25.7 Å². The fourth-order valence-electron chi connectivity index (χ4n) is 2.34. The lowest BCUT2D eigenvalue weighted by atomic mass is 10.0. The van der Waals surface area contributed by atoms with E-state index in [1.54, 1.807) is 0 Å². The van der Waals surface area contributed by atoms with Crippen LogP contribution in [0.15, 0.2) is 16.9 Å². The van der Waals surface area contributed by atoms with Gasteiger partial charge in [0.05, 0.1) is 19.8 Å². The summed E-state index contributed by atoms with van der Waals surface area (Å²) in [4.78, 5) is 11.6. The molecule has 5 nitrogen and oxygen atoms in total. The fraction of sp³-hybridized carbons (Fsp3) is 0.667. The van der Waals surface area contributed by atoms with E-state index in [0.717, 1.165) is 12.8 Å². The van der Waals surface area contributed by atoms with Crippen molar-refractivity contribution >= 4 is 0 Å². The first-order valence-corrected chi connectivity index (χ1v) is 6.01. The predicted octanol–water partition coefficient (Wildman–Crippen LogP) is 0.803. The third kappa shape index (κ3) is 2.85. The van der Waals surface area contributed by atoms with Crippen LogP contribution in [0.5, 0.6) is 5.88 Å². The van der Waals surface area contributed by atoms with Gasteiger partial charge in [-0.1, -0.05) is 12.8 Å². The van der Waals surface area contributed by atoms with Crippen molar-refractivity contribution in [1.29, 1.82) is 0 Å². The second kappa shape index (κ2) is 5.31. The van der Waals surface area contributed by atoms with Crippen LogP contribution in [0.2, 0.25) is 0 Å². The molecule has 0 radical (unpaired) electrons. The van der Waals surface area contributed by atoms with Gasteiger partial charge in [-0.15, -0.1) is 5.10 Å². The van der Waals surface area contributed by atoms with E-state index in [-0.39, 0.29) is 12.1 Å². The third-order valence-electron chi connectivity index (χ3n) is 3.36. The van der Waals surface area contributed by atoms with Gasteiger partial charge in [-0.2, -0.15) is 0 Å². The normalized spacial score (nSPS) is 18.2. The van der Waals surface area contributed by atoms with Crippen molar-refractivity contribution in [3.8, 4) is 5.88 Å². The van der Waals surface area contributed by atoms with Gasteiger partial charge in [0, 0.05) is 12.1 Å². The van der Waals surface area contributed by atoms with Crippen LogP contribution in [0.3, 0.4) is 0 Å². The molecule has 0 bridgehead atoms. The van der Waals surface area contributed by atoms with Crippen molar-refractivity contribution in [2.75, 3.05) is 7.11 Å². The molecule has 5 heteroatoms. The van der Waals surface area contributed by atoms with Gasteiger partial charge in [-0.05, 0) is 18.8 Å². The molecule has 0 aliphatic heterocycles. The molecule has 1 aromatic heterocycles. The van der Waals surface area contributed by atoms with Crippen LogP contribution >= 0.6 is 0 Å². The minimum atomic E-state index is -0.491. The number of aromatic nitrogens is 2. The van der Waals surface area contributed by atoms with Crippen LogP contribution in [-0.4, -0.2) is 28.1 Å². The lowest BCUT2D eigenvalue weighted by molar-refractivity contribution is 0.0871. The summed E-state index contributed by atoms with van der Waals surface area (Å²) < 4.78 is 6.24. The highest BCUT2D eigenvalue weighted by molar-refractivity contribution is 5.06. The van der Waals surface area contributed by atoms with Crippen LogP contribution in [0.4, 0.5) is 0 Å². The first-order chi connectivity index (χ1) is 8.20. The molecule has 0 spiro atoms. The molecular weight excluding hydrogens is 220 g/mol. The van der Waals surface area contributed by atoms with Crippen molar-refractivity contribution in [2.45, 2.75) is 38.3 Å². The maximum absolute atomic E-state index is 11.6. The Morgan fingerprint density at radius 2 is 2.24 bits per heavy atom. The first-order valence-electron chi connectivity index (χ1n) is 6.01. The molecule has 1 N–H and O–H groups in total. The molecule has 1 saturated carbocycles. The second-order valence-electron chi connectivity index (χ2n) is 4.51. The summed E-state index contributed by atoms with van der Waals surface area (Å²) in [7, 11) is 1.50. The molecule has 94 valence electrons. The summed E-state index contributed by atoms with van der Waals surface area (Å²) in [5.74, 6) is 0.693. The van der Waals surface area contributed by atoms with Gasteiger partial charge in [0.2, 0.25) is 5.88 Å². The molecule has 17 heavy (non-hydrogen) atoms. The standard InChI is InChI=1S/C12H18N2O3/c1-17-11-6-7-12(16)14(13-11)8-10(15)9-4-2-3-5-9/h6-7,9-10,15H,2-5,8H2,1H3. The van der Waals surface area contributed by atoms with E-state index in [4.69, 9.17) is 4.74 Å². The number of methoxy groups -OCH3 is 1. The summed E-state index contributed by atoms with van der Waals surface area (Å²) in [6.45, 7) is 0.251. The Labute approximate surface area is 100 Å². The number of aliphatic hydroxyl groups is 1. The fourth-order valence-corrected chi connectivity index (χ4v) is 2.34. The summed E-state index contributed by atoms with van der Waals surface area (Å²) in [5.41, 5.74) is -0.206. The highest BCUT2D eigenvalue weighted by Crippen LogP contribution is 2.28. The summed E-state index contributed by atoms with van der Waals surface area (Å²) >= 11 is 0. The number of nitrogens with zero attached hydrogens (tertiary/aromatic N) is 2. The van der Waals surface area contributed by atoms with Crippen molar-refractivity contribution in [1.82, 2.24) is 9.78 Å². The van der Waals surface area contributed by atoms with Gasteiger partial charge >= 0.3 is 0 Å². The quantitative estimate of drug-likeness (QED) is 0.842. The van der Waals surface area contributed by atoms with E-state index < -0.39 is 6.10 Å². The average molecular weight is 238 g/mol. The Morgan fingerprint density at radius 1 is 1.53 bits per heavy atom. The number of aliphatic hydroxyl groups excluding tert-OH is 1. The van der Waals surface area contributed by atoms with Crippen molar-refractivity contribution in [2.24, 2.45) is 5.92 Å². The maximum Gasteiger partial charge on any atom is 0.267 e. The van der Waals surface area contributed by atoms with Gasteiger partial charge < -0.3 is 9.84 Å². The molecule has 1 aliphatic rings. The largest absolute Gasteiger partial charge is 0.480 e. The number of ether oxygens (including phenoxy) is 1. The van der Waals surface area contributed by atoms with Gasteiger partial charge in [0.15, 0.2) is 0 Å². The lowest BCUT2D eigenvalue weighted by Gasteiger charge is -2.18. The molecule has 1 aliphatic carbocycles. The summed E-state index contributed by atoms with van der Waals surface area (Å²) in [6.07, 6.45) is 3.93. The van der Waals surface area contributed by atoms with Crippen molar-refractivity contribution in [3.63, 3.8) is 0 Å². The Balaban J connectivity index is 2.08. The van der Waals surface area contributed by atoms with Crippen molar-refractivity contribution in [3.05, 3.63) is 22.5 Å². The van der Waals surface area contributed by atoms with E-state index in [1.165, 1.54) is 36.8 Å². The van der Waals surface area contributed by atoms with E-state index in [0.29, 0.717) is 11.8 Å². The average Bonchev–Trinajstić information content (AvgIpc) is 2.85. The highest BCUT2D eigenvalue weighted by atomic mass is 16.5. The topological polar surface area (TPSA) is 64.3 Å². The zero-order valence-corrected chi connectivity index (χ0v) is 10.0. The van der Waals surface area contributed by atoms with Crippen LogP contribution in [0, 0.1) is 5.92 Å². The lowest BCUT2D eigenvalue weighted by Crippen LogP contribution is -2.31. The number of rotatable bonds is 4. The van der Waals surface area contributed by atoms with Crippen molar-refractivity contribution < 1.29 is 9.84 Å². The van der Waals surface area contributed by atoms with Gasteiger partial charge in [-0.25, -0.2) is 4.68 Å². The molecule has 0 amide bonds. The number of hydrogen-bond acceptors (Lipinski definition) is 4. The van der Waals surface area contributed by atoms with E-state index in [1.807, 2.05) is 0 Å². The highest BCUT2D eigenvalue weighted by Gasteiger charge is 2.23. The predicted molar refractivity (Wildman–Crippen MR) is 63.0 cm³/mol. The zero-order valence-electron chi connectivity index (χ0n) is 10.0. The SMILES string of the molecule is COc1ccc(=O)n(CC(O)C2CCCC2)n1.